The molecule has 2 unspecified atom stereocenters. The van der Waals surface area contributed by atoms with Crippen molar-refractivity contribution in [3.8, 4) is 0 Å². The number of carbonyl (C=O) groups excluding carboxylic acids is 2. The van der Waals surface area contributed by atoms with Crippen LogP contribution < -0.4 is 0 Å². The molecule has 0 N–H and O–H groups in total. The Morgan fingerprint density at radius 2 is 1.76 bits per heavy atom. The number of amides is 2. The molecule has 170 valence electrons. The molecule has 3 saturated heterocycles. The monoisotopic (exact) mass is 452 g/mol. The minimum absolute atomic E-state index is 0.131. The van der Waals surface area contributed by atoms with E-state index < -0.39 is 29.5 Å². The number of ether oxygens (including phenoxy) is 1. The van der Waals surface area contributed by atoms with E-state index in [2.05, 4.69) is 0 Å². The molecule has 3 fully saturated rings. The molecule has 0 radical (unpaired) electrons. The molecule has 6 nitrogen and oxygen atoms in total. The number of para-hydroxylation sites is 1. The van der Waals surface area contributed by atoms with Crippen molar-refractivity contribution < 1.29 is 27.5 Å². The van der Waals surface area contributed by atoms with Crippen molar-refractivity contribution in [3.05, 3.63) is 71.5 Å². The molecule has 8 heteroatoms. The Hall–Kier alpha value is -3.26. The van der Waals surface area contributed by atoms with Crippen molar-refractivity contribution in [1.29, 1.82) is 0 Å². The van der Waals surface area contributed by atoms with Crippen LogP contribution in [-0.4, -0.2) is 46.5 Å². The van der Waals surface area contributed by atoms with Crippen molar-refractivity contribution in [2.75, 3.05) is 13.1 Å². The van der Waals surface area contributed by atoms with Gasteiger partial charge < -0.3 is 19.0 Å². The van der Waals surface area contributed by atoms with Crippen molar-refractivity contribution in [3.63, 3.8) is 0 Å². The molecule has 3 aliphatic rings. The van der Waals surface area contributed by atoms with E-state index in [9.17, 15) is 18.4 Å². The Morgan fingerprint density at radius 3 is 2.52 bits per heavy atom. The number of likely N-dealkylation sites (tertiary alicyclic amines) is 1. The van der Waals surface area contributed by atoms with Gasteiger partial charge in [-0.25, -0.2) is 8.78 Å². The van der Waals surface area contributed by atoms with E-state index in [1.807, 2.05) is 24.3 Å². The Morgan fingerprint density at radius 1 is 1.03 bits per heavy atom. The van der Waals surface area contributed by atoms with Crippen molar-refractivity contribution in [1.82, 2.24) is 9.80 Å². The smallest absolute Gasteiger partial charge is 0.257 e. The van der Waals surface area contributed by atoms with Crippen LogP contribution >= 0.6 is 0 Å². The lowest BCUT2D eigenvalue weighted by Crippen LogP contribution is -2.51. The molecule has 3 aliphatic heterocycles. The fourth-order valence-electron chi connectivity index (χ4n) is 5.52. The zero-order valence-corrected chi connectivity index (χ0v) is 17.8. The highest BCUT2D eigenvalue weighted by Gasteiger charge is 2.58. The maximum Gasteiger partial charge on any atom is 0.257 e. The topological polar surface area (TPSA) is 63.0 Å². The fourth-order valence-corrected chi connectivity index (χ4v) is 5.52. The minimum Gasteiger partial charge on any atom is -0.463 e. The summed E-state index contributed by atoms with van der Waals surface area (Å²) in [6, 6.07) is 10.4. The summed E-state index contributed by atoms with van der Waals surface area (Å²) in [5.74, 6) is -1.60. The quantitative estimate of drug-likeness (QED) is 0.578. The van der Waals surface area contributed by atoms with Crippen LogP contribution in [0.5, 0.6) is 0 Å². The van der Waals surface area contributed by atoms with Crippen LogP contribution in [0.4, 0.5) is 8.78 Å². The molecule has 0 bridgehead atoms. The van der Waals surface area contributed by atoms with Crippen LogP contribution in [-0.2, 0) is 9.53 Å². The number of rotatable bonds is 2. The predicted molar refractivity (Wildman–Crippen MR) is 114 cm³/mol. The first-order chi connectivity index (χ1) is 15.9. The maximum absolute atomic E-state index is 13.8. The molecule has 6 rings (SSSR count). The summed E-state index contributed by atoms with van der Waals surface area (Å²) >= 11 is 0. The predicted octanol–water partition coefficient (Wildman–Crippen LogP) is 4.41. The molecule has 4 heterocycles. The van der Waals surface area contributed by atoms with E-state index in [0.717, 1.165) is 11.5 Å². The highest BCUT2D eigenvalue weighted by Crippen LogP contribution is 2.48. The lowest BCUT2D eigenvalue weighted by atomic mass is 9.89. The highest BCUT2D eigenvalue weighted by molar-refractivity contribution is 6.06. The van der Waals surface area contributed by atoms with Crippen LogP contribution in [0.3, 0.4) is 0 Å². The first kappa shape index (κ1) is 20.4. The van der Waals surface area contributed by atoms with Gasteiger partial charge in [0.05, 0.1) is 11.6 Å². The molecule has 2 amide bonds. The highest BCUT2D eigenvalue weighted by atomic mass is 19.1. The van der Waals surface area contributed by atoms with Gasteiger partial charge >= 0.3 is 0 Å². The van der Waals surface area contributed by atoms with Crippen LogP contribution in [0.2, 0.25) is 0 Å². The van der Waals surface area contributed by atoms with Gasteiger partial charge in [0.25, 0.3) is 11.8 Å². The van der Waals surface area contributed by atoms with Gasteiger partial charge in [-0.3, -0.25) is 9.59 Å². The van der Waals surface area contributed by atoms with Gasteiger partial charge in [-0.05, 0) is 36.6 Å². The van der Waals surface area contributed by atoms with Gasteiger partial charge in [0.2, 0.25) is 0 Å². The lowest BCUT2D eigenvalue weighted by molar-refractivity contribution is -0.142. The Labute approximate surface area is 188 Å². The third-order valence-corrected chi connectivity index (χ3v) is 7.16. The standard InChI is InChI=1S/C25H22F2N2O4/c26-16-11-15(12-17(27)13-16)20-5-6-22-29(20)24(31)25(33-22)7-9-28(10-8-25)23(30)19-14-32-21-4-2-1-3-18(19)21/h1-4,11-14,20,22H,5-10H2. The van der Waals surface area contributed by atoms with Crippen LogP contribution in [0.15, 0.2) is 53.1 Å². The molecule has 0 aliphatic carbocycles. The number of furan rings is 1. The first-order valence-corrected chi connectivity index (χ1v) is 11.2. The van der Waals surface area contributed by atoms with E-state index in [1.54, 1.807) is 9.80 Å². The number of benzene rings is 2. The molecule has 2 atom stereocenters. The second-order valence-corrected chi connectivity index (χ2v) is 9.01. The van der Waals surface area contributed by atoms with Crippen molar-refractivity contribution in [2.45, 2.75) is 43.6 Å². The summed E-state index contributed by atoms with van der Waals surface area (Å²) < 4.78 is 39.3. The number of piperidine rings is 1. The van der Waals surface area contributed by atoms with Gasteiger partial charge in [-0.15, -0.1) is 0 Å². The molecular formula is C25H22F2N2O4. The average molecular weight is 452 g/mol. The van der Waals surface area contributed by atoms with Gasteiger partial charge in [0.15, 0.2) is 5.60 Å². The lowest BCUT2D eigenvalue weighted by Gasteiger charge is -2.37. The summed E-state index contributed by atoms with van der Waals surface area (Å²) in [7, 11) is 0. The normalized spacial score (nSPS) is 24.1. The Bertz CT molecular complexity index is 1240. The largest absolute Gasteiger partial charge is 0.463 e. The van der Waals surface area contributed by atoms with Crippen molar-refractivity contribution >= 4 is 22.8 Å². The zero-order valence-electron chi connectivity index (χ0n) is 17.8. The van der Waals surface area contributed by atoms with E-state index in [1.165, 1.54) is 18.4 Å². The SMILES string of the molecule is O=C(c1coc2ccccc12)N1CCC2(CC1)OC1CCC(c3cc(F)cc(F)c3)N1C2=O. The summed E-state index contributed by atoms with van der Waals surface area (Å²) in [6.45, 7) is 0.758. The fraction of sp³-hybridized carbons (Fsp3) is 0.360. The van der Waals surface area contributed by atoms with Crippen LogP contribution in [0, 0.1) is 11.6 Å². The van der Waals surface area contributed by atoms with Crippen LogP contribution in [0.1, 0.15) is 47.6 Å². The summed E-state index contributed by atoms with van der Waals surface area (Å²) in [6.07, 6.45) is 3.03. The maximum atomic E-state index is 13.8. The molecular weight excluding hydrogens is 430 g/mol. The summed E-state index contributed by atoms with van der Waals surface area (Å²) in [5, 5.41) is 0.766. The van der Waals surface area contributed by atoms with E-state index in [4.69, 9.17) is 9.15 Å². The second-order valence-electron chi connectivity index (χ2n) is 9.01. The molecule has 3 aromatic rings. The molecule has 2 aromatic carbocycles. The number of halogens is 2. The first-order valence-electron chi connectivity index (χ1n) is 11.2. The number of carbonyl (C=O) groups is 2. The summed E-state index contributed by atoms with van der Waals surface area (Å²) in [5.41, 5.74) is 0.617. The molecule has 1 spiro atoms. The number of fused-ring (bicyclic) bond motifs is 2. The van der Waals surface area contributed by atoms with E-state index in [-0.39, 0.29) is 11.8 Å². The van der Waals surface area contributed by atoms with Gasteiger partial charge in [-0.2, -0.15) is 0 Å². The summed E-state index contributed by atoms with van der Waals surface area (Å²) in [4.78, 5) is 30.0. The molecule has 33 heavy (non-hydrogen) atoms. The average Bonchev–Trinajstić information content (AvgIpc) is 3.48. The minimum atomic E-state index is -0.996. The number of nitrogens with zero attached hydrogens (tertiary/aromatic N) is 2. The Kier molecular flexibility index (Phi) is 4.55. The van der Waals surface area contributed by atoms with Gasteiger partial charge in [-0.1, -0.05) is 18.2 Å². The van der Waals surface area contributed by atoms with Gasteiger partial charge in [0.1, 0.15) is 29.7 Å². The van der Waals surface area contributed by atoms with Crippen LogP contribution in [0.25, 0.3) is 11.0 Å². The second kappa shape index (κ2) is 7.38. The Balaban J connectivity index is 1.20. The van der Waals surface area contributed by atoms with Crippen molar-refractivity contribution in [2.24, 2.45) is 0 Å². The zero-order chi connectivity index (χ0) is 22.7. The van der Waals surface area contributed by atoms with E-state index >= 15 is 0 Å². The third-order valence-electron chi connectivity index (χ3n) is 7.16. The molecule has 1 aromatic heterocycles. The molecule has 0 saturated carbocycles. The van der Waals surface area contributed by atoms with E-state index in [0.29, 0.717) is 55.5 Å². The van der Waals surface area contributed by atoms with Gasteiger partial charge in [0, 0.05) is 37.4 Å². The number of hydrogen-bond acceptors (Lipinski definition) is 4. The number of hydrogen-bond donors (Lipinski definition) is 0. The third kappa shape index (κ3) is 3.15.